The Hall–Kier alpha value is -2.11. The van der Waals surface area contributed by atoms with E-state index in [1.54, 1.807) is 0 Å². The Bertz CT molecular complexity index is 866. The minimum Gasteiger partial charge on any atom is -0.489 e. The van der Waals surface area contributed by atoms with E-state index in [0.29, 0.717) is 24.0 Å². The number of hydrogen-bond acceptors (Lipinski definition) is 3. The van der Waals surface area contributed by atoms with Crippen molar-refractivity contribution in [1.29, 1.82) is 0 Å². The van der Waals surface area contributed by atoms with Crippen LogP contribution in [0.3, 0.4) is 0 Å². The van der Waals surface area contributed by atoms with Crippen molar-refractivity contribution in [3.05, 3.63) is 65.7 Å². The number of carbonyl (C=O) groups is 1. The van der Waals surface area contributed by atoms with Gasteiger partial charge in [0.15, 0.2) is 8.32 Å². The van der Waals surface area contributed by atoms with Gasteiger partial charge in [-0.15, -0.1) is 0 Å². The van der Waals surface area contributed by atoms with E-state index in [9.17, 15) is 4.79 Å². The second kappa shape index (κ2) is 11.3. The van der Waals surface area contributed by atoms with E-state index in [2.05, 4.69) is 39.2 Å². The largest absolute Gasteiger partial charge is 0.489 e. The average molecular weight is 468 g/mol. The van der Waals surface area contributed by atoms with E-state index < -0.39 is 8.32 Å². The minimum absolute atomic E-state index is 0.00649. The number of rotatable bonds is 9. The monoisotopic (exact) mass is 467 g/mol. The van der Waals surface area contributed by atoms with Crippen LogP contribution in [0.5, 0.6) is 5.75 Å². The van der Waals surface area contributed by atoms with Crippen LogP contribution >= 0.6 is 0 Å². The molecule has 0 heterocycles. The molecule has 0 saturated heterocycles. The summed E-state index contributed by atoms with van der Waals surface area (Å²) in [4.78, 5) is 12.6. The molecule has 0 aromatic heterocycles. The third-order valence-corrected chi connectivity index (χ3v) is 11.9. The summed E-state index contributed by atoms with van der Waals surface area (Å²) in [5.74, 6) is 1.99. The molecule has 1 aliphatic carbocycles. The molecule has 0 unspecified atom stereocenters. The Morgan fingerprint density at radius 3 is 2.15 bits per heavy atom. The normalized spacial score (nSPS) is 19.2. The summed E-state index contributed by atoms with van der Waals surface area (Å²) in [6.45, 7) is 13.7. The first kappa shape index (κ1) is 25.5. The maximum Gasteiger partial charge on any atom is 0.251 e. The first-order valence-electron chi connectivity index (χ1n) is 12.3. The number of hydrogen-bond donors (Lipinski definition) is 1. The number of ether oxygens (including phenoxy) is 1. The highest BCUT2D eigenvalue weighted by molar-refractivity contribution is 6.74. The van der Waals surface area contributed by atoms with Crippen LogP contribution in [0.15, 0.2) is 54.6 Å². The fourth-order valence-electron chi connectivity index (χ4n) is 3.93. The van der Waals surface area contributed by atoms with Gasteiger partial charge in [-0.2, -0.15) is 0 Å². The van der Waals surface area contributed by atoms with Crippen LogP contribution in [0.2, 0.25) is 18.1 Å². The van der Waals surface area contributed by atoms with Gasteiger partial charge in [-0.05, 0) is 85.5 Å². The molecule has 1 aliphatic rings. The molecule has 5 heteroatoms. The number of carbonyl (C=O) groups excluding carboxylic acids is 1. The molecule has 0 bridgehead atoms. The summed E-state index contributed by atoms with van der Waals surface area (Å²) < 4.78 is 12.2. The lowest BCUT2D eigenvalue weighted by Gasteiger charge is -2.38. The zero-order valence-electron chi connectivity index (χ0n) is 21.0. The van der Waals surface area contributed by atoms with Gasteiger partial charge in [-0.25, -0.2) is 0 Å². The van der Waals surface area contributed by atoms with Gasteiger partial charge in [0.2, 0.25) is 0 Å². The highest BCUT2D eigenvalue weighted by atomic mass is 28.4. The van der Waals surface area contributed by atoms with Crippen LogP contribution < -0.4 is 10.1 Å². The van der Waals surface area contributed by atoms with E-state index in [-0.39, 0.29) is 10.9 Å². The van der Waals surface area contributed by atoms with E-state index in [1.165, 1.54) is 12.8 Å². The van der Waals surface area contributed by atoms with Crippen molar-refractivity contribution in [3.63, 3.8) is 0 Å². The zero-order valence-corrected chi connectivity index (χ0v) is 22.0. The number of benzene rings is 2. The number of amides is 1. The molecule has 0 radical (unpaired) electrons. The predicted octanol–water partition coefficient (Wildman–Crippen LogP) is 6.82. The summed E-state index contributed by atoms with van der Waals surface area (Å²) in [5.41, 5.74) is 1.80. The Balaban J connectivity index is 1.36. The molecule has 0 aliphatic heterocycles. The van der Waals surface area contributed by atoms with E-state index in [1.807, 2.05) is 54.6 Å². The summed E-state index contributed by atoms with van der Waals surface area (Å²) in [6, 6.07) is 17.5. The van der Waals surface area contributed by atoms with Crippen molar-refractivity contribution in [2.45, 2.75) is 71.2 Å². The van der Waals surface area contributed by atoms with Gasteiger partial charge in [0.05, 0.1) is 0 Å². The molecule has 33 heavy (non-hydrogen) atoms. The molecular weight excluding hydrogens is 426 g/mol. The molecule has 4 nitrogen and oxygen atoms in total. The van der Waals surface area contributed by atoms with Gasteiger partial charge in [0.1, 0.15) is 12.4 Å². The van der Waals surface area contributed by atoms with Crippen LogP contribution in [-0.2, 0) is 11.0 Å². The third-order valence-electron chi connectivity index (χ3n) is 7.37. The standard InChI is InChI=1S/C28H41NO3Si/c1-28(2,3)33(4,5)32-21-24-13-11-22(12-14-24)19-29-27(30)25-15-17-26(18-16-25)31-20-23-9-7-6-8-10-23/h6-10,15-18,22,24H,11-14,19-21H2,1-5H3,(H,29,30). The summed E-state index contributed by atoms with van der Waals surface area (Å²) >= 11 is 0. The van der Waals surface area contributed by atoms with Crippen molar-refractivity contribution in [1.82, 2.24) is 5.32 Å². The van der Waals surface area contributed by atoms with Crippen LogP contribution in [0.25, 0.3) is 0 Å². The highest BCUT2D eigenvalue weighted by Gasteiger charge is 2.37. The van der Waals surface area contributed by atoms with Crippen LogP contribution in [0.1, 0.15) is 62.4 Å². The highest BCUT2D eigenvalue weighted by Crippen LogP contribution is 2.38. The maximum atomic E-state index is 12.6. The molecule has 2 aromatic carbocycles. The molecule has 3 rings (SSSR count). The van der Waals surface area contributed by atoms with Gasteiger partial charge < -0.3 is 14.5 Å². The topological polar surface area (TPSA) is 47.6 Å². The Morgan fingerprint density at radius 2 is 1.55 bits per heavy atom. The van der Waals surface area contributed by atoms with Crippen molar-refractivity contribution < 1.29 is 14.0 Å². The molecule has 0 spiro atoms. The van der Waals surface area contributed by atoms with Gasteiger partial charge in [0, 0.05) is 18.7 Å². The molecule has 1 saturated carbocycles. The fourth-order valence-corrected chi connectivity index (χ4v) is 5.01. The van der Waals surface area contributed by atoms with E-state index in [4.69, 9.17) is 9.16 Å². The second-order valence-corrected chi connectivity index (χ2v) is 15.8. The van der Waals surface area contributed by atoms with E-state index in [0.717, 1.165) is 37.3 Å². The van der Waals surface area contributed by atoms with Crippen molar-refractivity contribution in [2.75, 3.05) is 13.2 Å². The molecule has 2 aromatic rings. The molecular formula is C28H41NO3Si. The zero-order chi connectivity index (χ0) is 23.9. The lowest BCUT2D eigenvalue weighted by molar-refractivity contribution is 0.0937. The third kappa shape index (κ3) is 7.72. The Kier molecular flexibility index (Phi) is 8.77. The predicted molar refractivity (Wildman–Crippen MR) is 138 cm³/mol. The second-order valence-electron chi connectivity index (χ2n) is 11.0. The van der Waals surface area contributed by atoms with Gasteiger partial charge in [-0.1, -0.05) is 51.1 Å². The first-order chi connectivity index (χ1) is 15.6. The summed E-state index contributed by atoms with van der Waals surface area (Å²) in [7, 11) is -1.67. The smallest absolute Gasteiger partial charge is 0.251 e. The lowest BCUT2D eigenvalue weighted by Crippen LogP contribution is -2.42. The molecule has 1 fully saturated rings. The quantitative estimate of drug-likeness (QED) is 0.411. The number of nitrogens with one attached hydrogen (secondary N) is 1. The Labute approximate surface area is 201 Å². The van der Waals surface area contributed by atoms with Gasteiger partial charge >= 0.3 is 0 Å². The van der Waals surface area contributed by atoms with Gasteiger partial charge in [0.25, 0.3) is 5.91 Å². The van der Waals surface area contributed by atoms with Crippen LogP contribution in [0.4, 0.5) is 0 Å². The SMILES string of the molecule is CC(C)(C)[Si](C)(C)OCC1CCC(CNC(=O)c2ccc(OCc3ccccc3)cc2)CC1. The average Bonchev–Trinajstić information content (AvgIpc) is 2.81. The van der Waals surface area contributed by atoms with Crippen molar-refractivity contribution in [3.8, 4) is 5.75 Å². The van der Waals surface area contributed by atoms with Gasteiger partial charge in [-0.3, -0.25) is 4.79 Å². The van der Waals surface area contributed by atoms with Crippen molar-refractivity contribution in [2.24, 2.45) is 11.8 Å². The molecule has 180 valence electrons. The molecule has 1 N–H and O–H groups in total. The molecule has 0 atom stereocenters. The van der Waals surface area contributed by atoms with Crippen LogP contribution in [0, 0.1) is 11.8 Å². The Morgan fingerprint density at radius 1 is 0.939 bits per heavy atom. The lowest BCUT2D eigenvalue weighted by atomic mass is 9.82. The van der Waals surface area contributed by atoms with Crippen molar-refractivity contribution >= 4 is 14.2 Å². The first-order valence-corrected chi connectivity index (χ1v) is 15.2. The van der Waals surface area contributed by atoms with Crippen LogP contribution in [-0.4, -0.2) is 27.4 Å². The summed E-state index contributed by atoms with van der Waals surface area (Å²) in [5, 5.41) is 3.40. The minimum atomic E-state index is -1.67. The molecule has 1 amide bonds. The maximum absolute atomic E-state index is 12.6. The fraction of sp³-hybridized carbons (Fsp3) is 0.536. The van der Waals surface area contributed by atoms with E-state index >= 15 is 0 Å². The summed E-state index contributed by atoms with van der Waals surface area (Å²) in [6.07, 6.45) is 4.72.